The van der Waals surface area contributed by atoms with Crippen molar-refractivity contribution in [3.63, 3.8) is 0 Å². The van der Waals surface area contributed by atoms with Crippen molar-refractivity contribution in [1.29, 1.82) is 0 Å². The number of ketones is 1. The molecule has 1 aromatic rings. The molecule has 1 aliphatic heterocycles. The molecule has 3 nitrogen and oxygen atoms in total. The maximum Gasteiger partial charge on any atom is 0.192 e. The van der Waals surface area contributed by atoms with Gasteiger partial charge < -0.3 is 9.84 Å². The summed E-state index contributed by atoms with van der Waals surface area (Å²) < 4.78 is 5.54. The van der Waals surface area contributed by atoms with E-state index in [4.69, 9.17) is 4.74 Å². The Bertz CT molecular complexity index is 473. The summed E-state index contributed by atoms with van der Waals surface area (Å²) >= 11 is 0. The monoisotopic (exact) mass is 246 g/mol. The van der Waals surface area contributed by atoms with Gasteiger partial charge in [-0.2, -0.15) is 0 Å². The average Bonchev–Trinajstić information content (AvgIpc) is 2.39. The summed E-state index contributed by atoms with van der Waals surface area (Å²) in [7, 11) is 0. The Morgan fingerprint density at radius 3 is 2.83 bits per heavy atom. The molecule has 0 radical (unpaired) electrons. The minimum Gasteiger partial charge on any atom is -0.362 e. The van der Waals surface area contributed by atoms with Gasteiger partial charge >= 0.3 is 0 Å². The van der Waals surface area contributed by atoms with Gasteiger partial charge in [-0.3, -0.25) is 4.79 Å². The lowest BCUT2D eigenvalue weighted by atomic mass is 9.87. The molecule has 1 N–H and O–H groups in total. The third kappa shape index (κ3) is 1.98. The molecule has 0 spiro atoms. The highest BCUT2D eigenvalue weighted by Gasteiger charge is 2.33. The van der Waals surface area contributed by atoms with Gasteiger partial charge in [0.2, 0.25) is 0 Å². The van der Waals surface area contributed by atoms with E-state index in [1.165, 1.54) is 0 Å². The number of carbonyl (C=O) groups excluding carboxylic acids is 1. The fourth-order valence-corrected chi connectivity index (χ4v) is 2.90. The summed E-state index contributed by atoms with van der Waals surface area (Å²) in [5, 5.41) is 10.5. The zero-order chi connectivity index (χ0) is 12.6. The van der Waals surface area contributed by atoms with E-state index in [1.807, 2.05) is 18.2 Å². The van der Waals surface area contributed by atoms with Crippen LogP contribution in [0.2, 0.25) is 0 Å². The number of aliphatic hydroxyl groups is 1. The number of fused-ring (bicyclic) bond motifs is 1. The molecule has 1 atom stereocenters. The first-order valence-corrected chi connectivity index (χ1v) is 6.72. The summed E-state index contributed by atoms with van der Waals surface area (Å²) in [6.45, 7) is 0.604. The summed E-state index contributed by atoms with van der Waals surface area (Å²) in [6.07, 6.45) is 5.10. The van der Waals surface area contributed by atoms with E-state index in [1.54, 1.807) is 0 Å². The first-order chi connectivity index (χ1) is 8.69. The third-order valence-electron chi connectivity index (χ3n) is 3.96. The molecular weight excluding hydrogens is 228 g/mol. The maximum absolute atomic E-state index is 11.8. The normalized spacial score (nSPS) is 27.9. The molecule has 96 valence electrons. The van der Waals surface area contributed by atoms with Crippen molar-refractivity contribution in [2.45, 2.75) is 44.3 Å². The lowest BCUT2D eigenvalue weighted by molar-refractivity contribution is -0.233. The minimum atomic E-state index is -1.15. The summed E-state index contributed by atoms with van der Waals surface area (Å²) in [6, 6.07) is 5.65. The lowest BCUT2D eigenvalue weighted by Crippen LogP contribution is -2.33. The van der Waals surface area contributed by atoms with Crippen molar-refractivity contribution in [2.75, 3.05) is 6.61 Å². The molecule has 0 saturated carbocycles. The number of hydrogen-bond donors (Lipinski definition) is 1. The Kier molecular flexibility index (Phi) is 2.96. The maximum atomic E-state index is 11.8. The molecule has 1 aliphatic carbocycles. The second-order valence-corrected chi connectivity index (χ2v) is 5.24. The Balaban J connectivity index is 1.96. The fourth-order valence-electron chi connectivity index (χ4n) is 2.90. The molecule has 1 heterocycles. The van der Waals surface area contributed by atoms with Crippen LogP contribution in [0.3, 0.4) is 0 Å². The van der Waals surface area contributed by atoms with Crippen molar-refractivity contribution in [3.8, 4) is 0 Å². The zero-order valence-electron chi connectivity index (χ0n) is 10.4. The predicted molar refractivity (Wildman–Crippen MR) is 67.4 cm³/mol. The van der Waals surface area contributed by atoms with Crippen LogP contribution in [0.1, 0.15) is 53.6 Å². The Hall–Kier alpha value is -1.19. The second-order valence-electron chi connectivity index (χ2n) is 5.24. The molecule has 3 rings (SSSR count). The van der Waals surface area contributed by atoms with E-state index >= 15 is 0 Å². The van der Waals surface area contributed by atoms with E-state index in [2.05, 4.69) is 0 Å². The van der Waals surface area contributed by atoms with Crippen LogP contribution in [0.25, 0.3) is 0 Å². The highest BCUT2D eigenvalue weighted by molar-refractivity contribution is 5.98. The predicted octanol–water partition coefficient (Wildman–Crippen LogP) is 2.55. The minimum absolute atomic E-state index is 0.222. The molecule has 0 aromatic heterocycles. The fraction of sp³-hybridized carbons (Fsp3) is 0.533. The van der Waals surface area contributed by atoms with Crippen molar-refractivity contribution in [1.82, 2.24) is 0 Å². The number of ether oxygens (including phenoxy) is 1. The number of benzene rings is 1. The molecule has 18 heavy (non-hydrogen) atoms. The molecule has 2 aliphatic rings. The molecule has 1 aromatic carbocycles. The summed E-state index contributed by atoms with van der Waals surface area (Å²) in [5.41, 5.74) is 2.69. The van der Waals surface area contributed by atoms with Gasteiger partial charge in [-0.15, -0.1) is 0 Å². The Morgan fingerprint density at radius 1 is 1.17 bits per heavy atom. The van der Waals surface area contributed by atoms with Crippen molar-refractivity contribution < 1.29 is 14.6 Å². The smallest absolute Gasteiger partial charge is 0.192 e. The third-order valence-corrected chi connectivity index (χ3v) is 3.96. The van der Waals surface area contributed by atoms with Crippen LogP contribution >= 0.6 is 0 Å². The zero-order valence-corrected chi connectivity index (χ0v) is 10.4. The Morgan fingerprint density at radius 2 is 2.06 bits per heavy atom. The first kappa shape index (κ1) is 11.9. The van der Waals surface area contributed by atoms with E-state index in [0.717, 1.165) is 42.4 Å². The molecule has 0 bridgehead atoms. The largest absolute Gasteiger partial charge is 0.362 e. The molecule has 3 heteroatoms. The molecular formula is C15H18O3. The summed E-state index contributed by atoms with van der Waals surface area (Å²) in [4.78, 5) is 11.8. The average molecular weight is 246 g/mol. The lowest BCUT2D eigenvalue weighted by Gasteiger charge is -2.33. The van der Waals surface area contributed by atoms with Crippen molar-refractivity contribution in [3.05, 3.63) is 34.9 Å². The highest BCUT2D eigenvalue weighted by atomic mass is 16.6. The van der Waals surface area contributed by atoms with Gasteiger partial charge in [0.05, 0.1) is 6.61 Å². The van der Waals surface area contributed by atoms with Crippen LogP contribution in [0.15, 0.2) is 18.2 Å². The standard InChI is InChI=1S/C15H18O3/c16-14-5-3-4-11-10-12(6-7-13(11)14)15(17)8-1-2-9-18-15/h6-7,10,17H,1-5,8-9H2. The van der Waals surface area contributed by atoms with Gasteiger partial charge in [-0.25, -0.2) is 0 Å². The van der Waals surface area contributed by atoms with Crippen LogP contribution in [-0.4, -0.2) is 17.5 Å². The van der Waals surface area contributed by atoms with E-state index in [-0.39, 0.29) is 5.78 Å². The van der Waals surface area contributed by atoms with Crippen LogP contribution < -0.4 is 0 Å². The Labute approximate surface area is 107 Å². The van der Waals surface area contributed by atoms with E-state index in [0.29, 0.717) is 19.4 Å². The van der Waals surface area contributed by atoms with Gasteiger partial charge in [0.1, 0.15) is 0 Å². The van der Waals surface area contributed by atoms with Crippen molar-refractivity contribution >= 4 is 5.78 Å². The number of Topliss-reactive ketones (excluding diaryl/α,β-unsaturated/α-hetero) is 1. The number of rotatable bonds is 1. The SMILES string of the molecule is O=C1CCCc2cc(C3(O)CCCCO3)ccc21. The van der Waals surface area contributed by atoms with Crippen molar-refractivity contribution in [2.24, 2.45) is 0 Å². The number of carbonyl (C=O) groups is 1. The second kappa shape index (κ2) is 4.48. The van der Waals surface area contributed by atoms with Crippen LogP contribution in [0.4, 0.5) is 0 Å². The topological polar surface area (TPSA) is 46.5 Å². The van der Waals surface area contributed by atoms with Crippen LogP contribution in [-0.2, 0) is 16.9 Å². The number of aryl methyl sites for hydroxylation is 1. The van der Waals surface area contributed by atoms with Crippen LogP contribution in [0, 0.1) is 0 Å². The molecule has 0 amide bonds. The quantitative estimate of drug-likeness (QED) is 0.828. The van der Waals surface area contributed by atoms with E-state index in [9.17, 15) is 9.90 Å². The highest BCUT2D eigenvalue weighted by Crippen LogP contribution is 2.34. The van der Waals surface area contributed by atoms with Gasteiger partial charge in [-0.05, 0) is 37.3 Å². The van der Waals surface area contributed by atoms with E-state index < -0.39 is 5.79 Å². The van der Waals surface area contributed by atoms with Gasteiger partial charge in [-0.1, -0.05) is 12.1 Å². The van der Waals surface area contributed by atoms with Gasteiger partial charge in [0.15, 0.2) is 11.6 Å². The first-order valence-electron chi connectivity index (χ1n) is 6.72. The molecule has 1 fully saturated rings. The summed E-state index contributed by atoms with van der Waals surface area (Å²) in [5.74, 6) is -0.923. The van der Waals surface area contributed by atoms with Crippen LogP contribution in [0.5, 0.6) is 0 Å². The van der Waals surface area contributed by atoms with Gasteiger partial charge in [0, 0.05) is 24.0 Å². The molecule has 1 saturated heterocycles. The van der Waals surface area contributed by atoms with Gasteiger partial charge in [0.25, 0.3) is 0 Å². The number of hydrogen-bond acceptors (Lipinski definition) is 3. The molecule has 1 unspecified atom stereocenters.